The Morgan fingerprint density at radius 3 is 2.69 bits per heavy atom. The van der Waals surface area contributed by atoms with Crippen LogP contribution >= 0.6 is 0 Å². The van der Waals surface area contributed by atoms with E-state index in [0.717, 1.165) is 39.4 Å². The van der Waals surface area contributed by atoms with Crippen molar-refractivity contribution in [2.75, 3.05) is 6.26 Å². The van der Waals surface area contributed by atoms with Crippen LogP contribution in [0.4, 0.5) is 0 Å². The summed E-state index contributed by atoms with van der Waals surface area (Å²) in [5.41, 5.74) is 4.34. The van der Waals surface area contributed by atoms with Gasteiger partial charge in [0.1, 0.15) is 17.2 Å². The van der Waals surface area contributed by atoms with Crippen molar-refractivity contribution in [3.63, 3.8) is 0 Å². The largest absolute Gasteiger partial charge is 0.464 e. The molecule has 2 aromatic carbocycles. The van der Waals surface area contributed by atoms with Crippen LogP contribution in [0.5, 0.6) is 0 Å². The van der Waals surface area contributed by atoms with Crippen LogP contribution in [-0.4, -0.2) is 34.2 Å². The number of hydrogen-bond acceptors (Lipinski definition) is 6. The van der Waals surface area contributed by atoms with Gasteiger partial charge >= 0.3 is 0 Å². The highest BCUT2D eigenvalue weighted by atomic mass is 32.2. The van der Waals surface area contributed by atoms with Crippen molar-refractivity contribution in [2.24, 2.45) is 0 Å². The molecular formula is C21H16N4O3S. The van der Waals surface area contributed by atoms with Gasteiger partial charge in [0.2, 0.25) is 15.0 Å². The van der Waals surface area contributed by atoms with Gasteiger partial charge in [0.15, 0.2) is 0 Å². The van der Waals surface area contributed by atoms with Crippen LogP contribution in [0.1, 0.15) is 5.56 Å². The molecule has 7 nitrogen and oxygen atoms in total. The minimum absolute atomic E-state index is 0.222. The van der Waals surface area contributed by atoms with Gasteiger partial charge in [-0.15, -0.1) is 0 Å². The van der Waals surface area contributed by atoms with Gasteiger partial charge in [-0.05, 0) is 55.0 Å². The number of aryl methyl sites for hydroxylation is 1. The lowest BCUT2D eigenvalue weighted by molar-refractivity contribution is 0.592. The van der Waals surface area contributed by atoms with E-state index in [1.807, 2.05) is 54.0 Å². The average molecular weight is 404 g/mol. The minimum Gasteiger partial charge on any atom is -0.464 e. The maximum atomic E-state index is 12.0. The molecule has 5 rings (SSSR count). The zero-order chi connectivity index (χ0) is 20.2. The second-order valence-corrected chi connectivity index (χ2v) is 8.82. The van der Waals surface area contributed by atoms with Gasteiger partial charge in [-0.3, -0.25) is 4.57 Å². The zero-order valence-electron chi connectivity index (χ0n) is 15.7. The summed E-state index contributed by atoms with van der Waals surface area (Å²) in [5.74, 6) is 1.10. The average Bonchev–Trinajstić information content (AvgIpc) is 3.30. The molecule has 0 saturated heterocycles. The van der Waals surface area contributed by atoms with Gasteiger partial charge < -0.3 is 4.42 Å². The van der Waals surface area contributed by atoms with E-state index in [1.54, 1.807) is 12.3 Å². The summed E-state index contributed by atoms with van der Waals surface area (Å²) in [6.45, 7) is 2.00. The molecule has 0 bridgehead atoms. The summed E-state index contributed by atoms with van der Waals surface area (Å²) in [5, 5.41) is 0.734. The lowest BCUT2D eigenvalue weighted by Gasteiger charge is -2.10. The SMILES string of the molecule is Cc1ccc2nc(-c3ccc4occc4c3)n(-c3ccnc(S(C)(=O)=O)n3)c2c1. The van der Waals surface area contributed by atoms with Crippen LogP contribution in [0.3, 0.4) is 0 Å². The van der Waals surface area contributed by atoms with Gasteiger partial charge in [0.25, 0.3) is 0 Å². The fraction of sp³-hybridized carbons (Fsp3) is 0.0952. The molecule has 0 aliphatic heterocycles. The first kappa shape index (κ1) is 17.6. The standard InChI is InChI=1S/C21H16N4O3S/c1-13-3-5-16-17(11-13)25(19-7-9-22-21(24-19)29(2,26)27)20(23-16)15-4-6-18-14(12-15)8-10-28-18/h3-12H,1-2H3. The van der Waals surface area contributed by atoms with E-state index in [1.165, 1.54) is 6.20 Å². The monoisotopic (exact) mass is 404 g/mol. The summed E-state index contributed by atoms with van der Waals surface area (Å²) in [4.78, 5) is 13.0. The van der Waals surface area contributed by atoms with E-state index < -0.39 is 9.84 Å². The third-order valence-electron chi connectivity index (χ3n) is 4.70. The highest BCUT2D eigenvalue weighted by molar-refractivity contribution is 7.90. The van der Waals surface area contributed by atoms with E-state index in [4.69, 9.17) is 9.40 Å². The third-order valence-corrected chi connectivity index (χ3v) is 5.56. The molecule has 0 amide bonds. The molecule has 0 saturated carbocycles. The molecule has 3 heterocycles. The van der Waals surface area contributed by atoms with Gasteiger partial charge in [-0.1, -0.05) is 6.07 Å². The van der Waals surface area contributed by atoms with Crippen molar-refractivity contribution >= 4 is 31.8 Å². The van der Waals surface area contributed by atoms with Crippen LogP contribution < -0.4 is 0 Å². The number of nitrogens with zero attached hydrogens (tertiary/aromatic N) is 4. The number of benzene rings is 2. The van der Waals surface area contributed by atoms with E-state index >= 15 is 0 Å². The molecule has 5 aromatic rings. The number of rotatable bonds is 3. The molecular weight excluding hydrogens is 388 g/mol. The molecule has 3 aromatic heterocycles. The second-order valence-electron chi connectivity index (χ2n) is 6.91. The van der Waals surface area contributed by atoms with Crippen LogP contribution in [0.25, 0.3) is 39.2 Å². The van der Waals surface area contributed by atoms with Crippen molar-refractivity contribution in [1.29, 1.82) is 0 Å². The number of hydrogen-bond donors (Lipinski definition) is 0. The van der Waals surface area contributed by atoms with Gasteiger partial charge in [-0.2, -0.15) is 0 Å². The molecule has 0 unspecified atom stereocenters. The van der Waals surface area contributed by atoms with E-state index in [0.29, 0.717) is 11.6 Å². The second kappa shape index (κ2) is 6.25. The Labute approximate surface area is 166 Å². The van der Waals surface area contributed by atoms with Crippen molar-refractivity contribution in [3.8, 4) is 17.2 Å². The Kier molecular flexibility index (Phi) is 3.78. The third kappa shape index (κ3) is 2.98. The van der Waals surface area contributed by atoms with Crippen LogP contribution in [0.15, 0.2) is 70.6 Å². The first-order valence-electron chi connectivity index (χ1n) is 8.90. The first-order chi connectivity index (χ1) is 13.9. The number of aromatic nitrogens is 4. The predicted molar refractivity (Wildman–Crippen MR) is 110 cm³/mol. The first-order valence-corrected chi connectivity index (χ1v) is 10.8. The molecule has 8 heteroatoms. The van der Waals surface area contributed by atoms with Crippen LogP contribution in [-0.2, 0) is 9.84 Å². The van der Waals surface area contributed by atoms with Gasteiger partial charge in [0, 0.05) is 23.4 Å². The lowest BCUT2D eigenvalue weighted by Crippen LogP contribution is -2.08. The molecule has 0 aliphatic rings. The molecule has 0 radical (unpaired) electrons. The zero-order valence-corrected chi connectivity index (χ0v) is 16.5. The molecule has 0 aliphatic carbocycles. The predicted octanol–water partition coefficient (Wildman–Crippen LogP) is 3.94. The summed E-state index contributed by atoms with van der Waals surface area (Å²) in [6.07, 6.45) is 4.18. The van der Waals surface area contributed by atoms with E-state index in [-0.39, 0.29) is 5.16 Å². The molecule has 144 valence electrons. The number of furan rings is 1. The number of imidazole rings is 1. The van der Waals surface area contributed by atoms with Crippen LogP contribution in [0.2, 0.25) is 0 Å². The Bertz CT molecular complexity index is 1500. The van der Waals surface area contributed by atoms with E-state index in [9.17, 15) is 8.42 Å². The minimum atomic E-state index is -3.54. The summed E-state index contributed by atoms with van der Waals surface area (Å²) >= 11 is 0. The Morgan fingerprint density at radius 2 is 1.86 bits per heavy atom. The van der Waals surface area contributed by atoms with Gasteiger partial charge in [-0.25, -0.2) is 23.4 Å². The fourth-order valence-electron chi connectivity index (χ4n) is 3.35. The van der Waals surface area contributed by atoms with Gasteiger partial charge in [0.05, 0.1) is 17.3 Å². The maximum absolute atomic E-state index is 12.0. The number of sulfone groups is 1. The molecule has 0 spiro atoms. The summed E-state index contributed by atoms with van der Waals surface area (Å²) in [7, 11) is -3.54. The Hall–Kier alpha value is -3.52. The van der Waals surface area contributed by atoms with Crippen molar-refractivity contribution in [2.45, 2.75) is 12.1 Å². The van der Waals surface area contributed by atoms with Crippen molar-refractivity contribution in [3.05, 3.63) is 66.6 Å². The Balaban J connectivity index is 1.83. The highest BCUT2D eigenvalue weighted by Gasteiger charge is 2.18. The maximum Gasteiger partial charge on any atom is 0.248 e. The topological polar surface area (TPSA) is 90.9 Å². The number of fused-ring (bicyclic) bond motifs is 2. The smallest absolute Gasteiger partial charge is 0.248 e. The molecule has 0 N–H and O–H groups in total. The molecule has 29 heavy (non-hydrogen) atoms. The van der Waals surface area contributed by atoms with Crippen LogP contribution in [0, 0.1) is 6.92 Å². The lowest BCUT2D eigenvalue weighted by atomic mass is 10.1. The fourth-order valence-corrected chi connectivity index (χ4v) is 3.86. The molecule has 0 atom stereocenters. The summed E-state index contributed by atoms with van der Waals surface area (Å²) < 4.78 is 31.3. The normalized spacial score (nSPS) is 12.1. The van der Waals surface area contributed by atoms with Crippen molar-refractivity contribution < 1.29 is 12.8 Å². The molecule has 0 fully saturated rings. The van der Waals surface area contributed by atoms with Crippen molar-refractivity contribution in [1.82, 2.24) is 19.5 Å². The quantitative estimate of drug-likeness (QED) is 0.423. The Morgan fingerprint density at radius 1 is 1.00 bits per heavy atom. The summed E-state index contributed by atoms with van der Waals surface area (Å²) in [6, 6.07) is 15.3. The highest BCUT2D eigenvalue weighted by Crippen LogP contribution is 2.30. The van der Waals surface area contributed by atoms with E-state index in [2.05, 4.69) is 9.97 Å².